The number of aliphatic imine (C=N–C) groups is 1. The highest BCUT2D eigenvalue weighted by molar-refractivity contribution is 9.10. The number of thioether (sulfide) groups is 1. The number of benzene rings is 1. The van der Waals surface area contributed by atoms with Crippen molar-refractivity contribution >= 4 is 39.0 Å². The molecule has 4 nitrogen and oxygen atoms in total. The smallest absolute Gasteiger partial charge is 0.413 e. The summed E-state index contributed by atoms with van der Waals surface area (Å²) in [5, 5.41) is 3.37. The van der Waals surface area contributed by atoms with Crippen LogP contribution >= 0.6 is 27.7 Å². The van der Waals surface area contributed by atoms with Gasteiger partial charge in [0.1, 0.15) is 5.60 Å². The van der Waals surface area contributed by atoms with Crippen LogP contribution in [0, 0.1) is 0 Å². The number of rotatable bonds is 1. The summed E-state index contributed by atoms with van der Waals surface area (Å²) in [4.78, 5) is 16.6. The highest BCUT2D eigenvalue weighted by atomic mass is 79.9. The van der Waals surface area contributed by atoms with E-state index >= 15 is 0 Å². The Morgan fingerprint density at radius 3 is 2.82 bits per heavy atom. The number of nitrogens with one attached hydrogen (secondary N) is 1. The number of halogens is 1. The SMILES string of the molecule is CC(C)(C)OC(=O)NC1=N[C@](C)(c2cccc(Br)c2)CCS1. The third-order valence-corrected chi connectivity index (χ3v) is 4.60. The predicted molar refractivity (Wildman–Crippen MR) is 95.4 cm³/mol. The Kier molecular flexibility index (Phi) is 5.22. The fraction of sp³-hybridized carbons (Fsp3) is 0.500. The lowest BCUT2D eigenvalue weighted by Crippen LogP contribution is -2.38. The van der Waals surface area contributed by atoms with E-state index in [4.69, 9.17) is 9.73 Å². The Bertz CT molecular complexity index is 598. The third kappa shape index (κ3) is 4.74. The number of ether oxygens (including phenoxy) is 1. The molecule has 0 aliphatic carbocycles. The van der Waals surface area contributed by atoms with Gasteiger partial charge in [-0.25, -0.2) is 4.79 Å². The van der Waals surface area contributed by atoms with Crippen LogP contribution in [0.3, 0.4) is 0 Å². The number of hydrogen-bond acceptors (Lipinski definition) is 4. The lowest BCUT2D eigenvalue weighted by molar-refractivity contribution is 0.0564. The number of alkyl carbamates (subject to hydrolysis) is 1. The van der Waals surface area contributed by atoms with E-state index in [-0.39, 0.29) is 5.54 Å². The minimum atomic E-state index is -0.516. The van der Waals surface area contributed by atoms with Crippen molar-refractivity contribution < 1.29 is 9.53 Å². The Balaban J connectivity index is 2.16. The van der Waals surface area contributed by atoms with Crippen LogP contribution in [0.25, 0.3) is 0 Å². The molecule has 1 heterocycles. The average Bonchev–Trinajstić information content (AvgIpc) is 2.36. The minimum absolute atomic E-state index is 0.334. The van der Waals surface area contributed by atoms with E-state index < -0.39 is 11.7 Å². The van der Waals surface area contributed by atoms with Crippen molar-refractivity contribution in [3.63, 3.8) is 0 Å². The molecule has 0 saturated carbocycles. The summed E-state index contributed by atoms with van der Waals surface area (Å²) in [6, 6.07) is 8.14. The summed E-state index contributed by atoms with van der Waals surface area (Å²) in [7, 11) is 0. The number of carbonyl (C=O) groups excluding carboxylic acids is 1. The molecular weight excluding hydrogens is 364 g/mol. The van der Waals surface area contributed by atoms with Crippen molar-refractivity contribution in [2.75, 3.05) is 5.75 Å². The van der Waals surface area contributed by atoms with Crippen molar-refractivity contribution in [2.24, 2.45) is 4.99 Å². The maximum Gasteiger partial charge on any atom is 0.413 e. The Hall–Kier alpha value is -1.01. The van der Waals surface area contributed by atoms with Crippen LogP contribution in [0.1, 0.15) is 39.7 Å². The zero-order chi connectivity index (χ0) is 16.4. The van der Waals surface area contributed by atoms with Crippen molar-refractivity contribution in [1.29, 1.82) is 0 Å². The summed E-state index contributed by atoms with van der Waals surface area (Å²) in [6.07, 6.45) is 0.463. The average molecular weight is 385 g/mol. The molecule has 1 aliphatic heterocycles. The lowest BCUT2D eigenvalue weighted by Gasteiger charge is -2.31. The van der Waals surface area contributed by atoms with E-state index in [1.807, 2.05) is 32.9 Å². The van der Waals surface area contributed by atoms with E-state index in [0.29, 0.717) is 5.17 Å². The largest absolute Gasteiger partial charge is 0.444 e. The molecule has 1 aromatic carbocycles. The third-order valence-electron chi connectivity index (χ3n) is 3.23. The summed E-state index contributed by atoms with van der Waals surface area (Å²) in [5.41, 5.74) is 0.280. The van der Waals surface area contributed by atoms with Gasteiger partial charge >= 0.3 is 6.09 Å². The molecule has 0 bridgehead atoms. The molecule has 1 amide bonds. The first-order valence-corrected chi connectivity index (χ1v) is 8.94. The topological polar surface area (TPSA) is 50.7 Å². The van der Waals surface area contributed by atoms with Gasteiger partial charge in [0.15, 0.2) is 5.17 Å². The normalized spacial score (nSPS) is 22.0. The summed E-state index contributed by atoms with van der Waals surface area (Å²) < 4.78 is 6.31. The summed E-state index contributed by atoms with van der Waals surface area (Å²) in [5.74, 6) is 0.900. The maximum absolute atomic E-state index is 11.9. The molecular formula is C16H21BrN2O2S. The first kappa shape index (κ1) is 17.3. The Labute approximate surface area is 144 Å². The van der Waals surface area contributed by atoms with Crippen LogP contribution in [0.4, 0.5) is 4.79 Å². The van der Waals surface area contributed by atoms with Gasteiger partial charge in [0, 0.05) is 10.2 Å². The molecule has 1 atom stereocenters. The van der Waals surface area contributed by atoms with Crippen molar-refractivity contribution in [2.45, 2.75) is 45.3 Å². The van der Waals surface area contributed by atoms with Crippen LogP contribution in [0.5, 0.6) is 0 Å². The van der Waals surface area contributed by atoms with Gasteiger partial charge in [-0.05, 0) is 51.8 Å². The molecule has 0 unspecified atom stereocenters. The quantitative estimate of drug-likeness (QED) is 0.764. The van der Waals surface area contributed by atoms with Crippen molar-refractivity contribution in [3.8, 4) is 0 Å². The van der Waals surface area contributed by atoms with Gasteiger partial charge in [-0.15, -0.1) is 0 Å². The van der Waals surface area contributed by atoms with E-state index in [1.165, 1.54) is 0 Å². The summed E-state index contributed by atoms with van der Waals surface area (Å²) in [6.45, 7) is 7.61. The monoisotopic (exact) mass is 384 g/mol. The molecule has 0 saturated heterocycles. The lowest BCUT2D eigenvalue weighted by atomic mass is 9.90. The molecule has 1 N–H and O–H groups in total. The van der Waals surface area contributed by atoms with E-state index in [1.54, 1.807) is 11.8 Å². The minimum Gasteiger partial charge on any atom is -0.444 e. The van der Waals surface area contributed by atoms with Gasteiger partial charge in [-0.2, -0.15) is 0 Å². The van der Waals surface area contributed by atoms with E-state index in [0.717, 1.165) is 22.2 Å². The number of amidine groups is 1. The van der Waals surface area contributed by atoms with Gasteiger partial charge in [0.05, 0.1) is 5.54 Å². The number of nitrogens with zero attached hydrogens (tertiary/aromatic N) is 1. The van der Waals surface area contributed by atoms with Crippen LogP contribution < -0.4 is 5.32 Å². The van der Waals surface area contributed by atoms with Crippen LogP contribution in [-0.4, -0.2) is 22.6 Å². The Morgan fingerprint density at radius 2 is 2.18 bits per heavy atom. The first-order valence-electron chi connectivity index (χ1n) is 7.17. The molecule has 0 fully saturated rings. The standard InChI is InChI=1S/C16H21BrN2O2S/c1-15(2,3)21-14(20)18-13-19-16(4,8-9-22-13)11-6-5-7-12(17)10-11/h5-7,10H,8-9H2,1-4H3,(H,18,19,20)/t16-/m0/s1. The molecule has 2 rings (SSSR count). The zero-order valence-corrected chi connectivity index (χ0v) is 15.7. The highest BCUT2D eigenvalue weighted by Gasteiger charge is 2.31. The van der Waals surface area contributed by atoms with Gasteiger partial charge in [-0.3, -0.25) is 10.3 Å². The molecule has 120 valence electrons. The molecule has 22 heavy (non-hydrogen) atoms. The first-order chi connectivity index (χ1) is 10.2. The second-order valence-electron chi connectivity index (χ2n) is 6.43. The fourth-order valence-corrected chi connectivity index (χ4v) is 3.66. The van der Waals surface area contributed by atoms with Gasteiger partial charge < -0.3 is 4.74 Å². The van der Waals surface area contributed by atoms with Gasteiger partial charge in [0.2, 0.25) is 0 Å². The molecule has 6 heteroatoms. The van der Waals surface area contributed by atoms with E-state index in [2.05, 4.69) is 40.3 Å². The zero-order valence-electron chi connectivity index (χ0n) is 13.3. The van der Waals surface area contributed by atoms with Gasteiger partial charge in [-0.1, -0.05) is 39.8 Å². The molecule has 1 aromatic rings. The molecule has 0 spiro atoms. The van der Waals surface area contributed by atoms with Crippen LogP contribution in [-0.2, 0) is 10.3 Å². The molecule has 1 aliphatic rings. The molecule has 0 radical (unpaired) electrons. The molecule has 0 aromatic heterocycles. The van der Waals surface area contributed by atoms with Crippen molar-refractivity contribution in [3.05, 3.63) is 34.3 Å². The highest BCUT2D eigenvalue weighted by Crippen LogP contribution is 2.36. The maximum atomic E-state index is 11.9. The number of hydrogen-bond donors (Lipinski definition) is 1. The second kappa shape index (κ2) is 6.62. The second-order valence-corrected chi connectivity index (χ2v) is 8.43. The van der Waals surface area contributed by atoms with E-state index in [9.17, 15) is 4.79 Å². The number of carbonyl (C=O) groups is 1. The summed E-state index contributed by atoms with van der Waals surface area (Å²) >= 11 is 5.04. The van der Waals surface area contributed by atoms with Gasteiger partial charge in [0.25, 0.3) is 0 Å². The fourth-order valence-electron chi connectivity index (χ4n) is 2.15. The van der Waals surface area contributed by atoms with Crippen LogP contribution in [0.15, 0.2) is 33.7 Å². The van der Waals surface area contributed by atoms with Crippen molar-refractivity contribution in [1.82, 2.24) is 5.32 Å². The van der Waals surface area contributed by atoms with Crippen LogP contribution in [0.2, 0.25) is 0 Å². The Morgan fingerprint density at radius 1 is 1.45 bits per heavy atom. The predicted octanol–water partition coefficient (Wildman–Crippen LogP) is 4.68. The number of amides is 1.